The van der Waals surface area contributed by atoms with E-state index in [1.54, 1.807) is 11.6 Å². The Kier molecular flexibility index (Phi) is 5.82. The van der Waals surface area contributed by atoms with E-state index in [0.29, 0.717) is 19.4 Å². The fourth-order valence-electron chi connectivity index (χ4n) is 2.62. The number of amides is 1. The Morgan fingerprint density at radius 1 is 1.31 bits per heavy atom. The zero-order chi connectivity index (χ0) is 18.5. The van der Waals surface area contributed by atoms with Crippen molar-refractivity contribution >= 4 is 22.2 Å². The number of aromatic nitrogens is 4. The molecule has 0 aliphatic rings. The summed E-state index contributed by atoms with van der Waals surface area (Å²) in [6.07, 6.45) is 1.80. The summed E-state index contributed by atoms with van der Waals surface area (Å²) in [5.41, 5.74) is 1.14. The second-order valence-electron chi connectivity index (χ2n) is 6.35. The quantitative estimate of drug-likeness (QED) is 0.656. The van der Waals surface area contributed by atoms with Gasteiger partial charge in [-0.25, -0.2) is 0 Å². The topological polar surface area (TPSA) is 81.4 Å². The highest BCUT2D eigenvalue weighted by Gasteiger charge is 2.14. The maximum absolute atomic E-state index is 12.1. The zero-order valence-electron chi connectivity index (χ0n) is 15.2. The number of ether oxygens (including phenoxy) is 1. The van der Waals surface area contributed by atoms with Crippen LogP contribution in [0.5, 0.6) is 5.75 Å². The second-order valence-corrected chi connectivity index (χ2v) is 7.40. The maximum Gasteiger partial charge on any atom is 0.234 e. The zero-order valence-corrected chi connectivity index (χ0v) is 16.0. The minimum atomic E-state index is 0.0305. The molecule has 8 heteroatoms. The van der Waals surface area contributed by atoms with Gasteiger partial charge in [0.05, 0.1) is 7.11 Å². The number of carbonyl (C=O) groups excluding carboxylic acids is 1. The number of hydrogen-bond donors (Lipinski definition) is 1. The molecule has 0 bridgehead atoms. The van der Waals surface area contributed by atoms with Crippen LogP contribution in [0.1, 0.15) is 42.6 Å². The number of aryl methyl sites for hydroxylation is 1. The van der Waals surface area contributed by atoms with Crippen LogP contribution in [0.2, 0.25) is 0 Å². The molecule has 1 N–H and O–H groups in total. The monoisotopic (exact) mass is 373 g/mol. The van der Waals surface area contributed by atoms with Crippen molar-refractivity contribution < 1.29 is 9.53 Å². The lowest BCUT2D eigenvalue weighted by Crippen LogP contribution is -2.25. The molecule has 0 saturated carbocycles. The Labute approximate surface area is 156 Å². The Hall–Kier alpha value is -2.48. The van der Waals surface area contributed by atoms with Crippen molar-refractivity contribution in [3.8, 4) is 5.75 Å². The van der Waals surface area contributed by atoms with Gasteiger partial charge in [-0.15, -0.1) is 10.2 Å². The number of hydrogen-bond acceptors (Lipinski definition) is 6. The van der Waals surface area contributed by atoms with E-state index in [-0.39, 0.29) is 11.8 Å². The first-order valence-corrected chi connectivity index (χ1v) is 9.49. The van der Waals surface area contributed by atoms with Gasteiger partial charge in [-0.05, 0) is 24.1 Å². The molecule has 0 fully saturated rings. The third-order valence-electron chi connectivity index (χ3n) is 4.01. The van der Waals surface area contributed by atoms with Gasteiger partial charge in [0.2, 0.25) is 10.9 Å². The van der Waals surface area contributed by atoms with Crippen molar-refractivity contribution in [3.63, 3.8) is 0 Å². The molecule has 7 nitrogen and oxygen atoms in total. The molecule has 0 radical (unpaired) electrons. The number of carbonyl (C=O) groups is 1. The number of rotatable bonds is 8. The van der Waals surface area contributed by atoms with Crippen molar-refractivity contribution in [2.24, 2.45) is 0 Å². The van der Waals surface area contributed by atoms with Gasteiger partial charge in [0, 0.05) is 25.3 Å². The molecule has 0 aliphatic heterocycles. The highest BCUT2D eigenvalue weighted by molar-refractivity contribution is 7.16. The SMILES string of the molecule is COc1cccc(CCNC(=O)CCc2nn3c(C(C)C)nnc3s2)c1. The van der Waals surface area contributed by atoms with E-state index in [9.17, 15) is 4.79 Å². The third-order valence-corrected chi connectivity index (χ3v) is 4.97. The number of methoxy groups -OCH3 is 1. The lowest BCUT2D eigenvalue weighted by Gasteiger charge is -2.06. The first-order chi connectivity index (χ1) is 12.6. The van der Waals surface area contributed by atoms with Crippen LogP contribution in [0.3, 0.4) is 0 Å². The molecular weight excluding hydrogens is 350 g/mol. The van der Waals surface area contributed by atoms with Crippen LogP contribution in [0, 0.1) is 0 Å². The molecule has 0 aliphatic carbocycles. The Balaban J connectivity index is 1.46. The van der Waals surface area contributed by atoms with Crippen LogP contribution >= 0.6 is 11.3 Å². The summed E-state index contributed by atoms with van der Waals surface area (Å²) in [7, 11) is 1.65. The van der Waals surface area contributed by atoms with E-state index >= 15 is 0 Å². The molecule has 1 aromatic carbocycles. The Morgan fingerprint density at radius 2 is 2.15 bits per heavy atom. The summed E-state index contributed by atoms with van der Waals surface area (Å²) < 4.78 is 6.99. The van der Waals surface area contributed by atoms with E-state index in [0.717, 1.165) is 33.5 Å². The van der Waals surface area contributed by atoms with E-state index in [1.807, 2.05) is 24.3 Å². The molecule has 2 aromatic heterocycles. The first-order valence-electron chi connectivity index (χ1n) is 8.67. The molecule has 2 heterocycles. The Bertz CT molecular complexity index is 887. The van der Waals surface area contributed by atoms with Crippen molar-refractivity contribution in [2.45, 2.75) is 39.0 Å². The van der Waals surface area contributed by atoms with Gasteiger partial charge >= 0.3 is 0 Å². The molecule has 3 rings (SSSR count). The van der Waals surface area contributed by atoms with Crippen molar-refractivity contribution in [2.75, 3.05) is 13.7 Å². The van der Waals surface area contributed by atoms with Crippen LogP contribution in [-0.2, 0) is 17.6 Å². The summed E-state index contributed by atoms with van der Waals surface area (Å²) in [6, 6.07) is 7.88. The third kappa shape index (κ3) is 4.37. The summed E-state index contributed by atoms with van der Waals surface area (Å²) in [5.74, 6) is 1.98. The summed E-state index contributed by atoms with van der Waals surface area (Å²) in [4.78, 5) is 12.8. The van der Waals surface area contributed by atoms with Gasteiger partial charge in [0.25, 0.3) is 0 Å². The van der Waals surface area contributed by atoms with Crippen molar-refractivity contribution in [3.05, 3.63) is 40.7 Å². The molecule has 0 spiro atoms. The molecule has 138 valence electrons. The van der Waals surface area contributed by atoms with Crippen LogP contribution in [0.25, 0.3) is 4.96 Å². The fourth-order valence-corrected chi connectivity index (χ4v) is 3.46. The van der Waals surface area contributed by atoms with Gasteiger partial charge in [-0.2, -0.15) is 9.61 Å². The minimum Gasteiger partial charge on any atom is -0.497 e. The van der Waals surface area contributed by atoms with Gasteiger partial charge in [0.1, 0.15) is 10.8 Å². The standard InChI is InChI=1S/C18H23N5O2S/c1-12(2)17-20-21-18-23(17)22-16(26-18)8-7-15(24)19-10-9-13-5-4-6-14(11-13)25-3/h4-6,11-12H,7-10H2,1-3H3,(H,19,24). The van der Waals surface area contributed by atoms with E-state index in [4.69, 9.17) is 4.74 Å². The van der Waals surface area contributed by atoms with E-state index in [1.165, 1.54) is 11.3 Å². The number of nitrogens with zero attached hydrogens (tertiary/aromatic N) is 4. The van der Waals surface area contributed by atoms with Crippen LogP contribution in [-0.4, -0.2) is 39.4 Å². The molecule has 1 amide bonds. The lowest BCUT2D eigenvalue weighted by atomic mass is 10.1. The summed E-state index contributed by atoms with van der Waals surface area (Å²) in [6.45, 7) is 4.73. The molecule has 0 saturated heterocycles. The van der Waals surface area contributed by atoms with Gasteiger partial charge in [-0.3, -0.25) is 4.79 Å². The lowest BCUT2D eigenvalue weighted by molar-refractivity contribution is -0.121. The van der Waals surface area contributed by atoms with E-state index < -0.39 is 0 Å². The highest BCUT2D eigenvalue weighted by Crippen LogP contribution is 2.19. The average Bonchev–Trinajstić information content (AvgIpc) is 3.20. The number of nitrogens with one attached hydrogen (secondary N) is 1. The largest absolute Gasteiger partial charge is 0.497 e. The first kappa shape index (κ1) is 18.3. The Morgan fingerprint density at radius 3 is 2.92 bits per heavy atom. The molecule has 0 unspecified atom stereocenters. The molecular formula is C18H23N5O2S. The minimum absolute atomic E-state index is 0.0305. The normalized spacial score (nSPS) is 11.2. The molecule has 3 aromatic rings. The molecule has 26 heavy (non-hydrogen) atoms. The highest BCUT2D eigenvalue weighted by atomic mass is 32.1. The van der Waals surface area contributed by atoms with Crippen molar-refractivity contribution in [1.29, 1.82) is 0 Å². The summed E-state index contributed by atoms with van der Waals surface area (Å²) in [5, 5.41) is 16.7. The van der Waals surface area contributed by atoms with Gasteiger partial charge < -0.3 is 10.1 Å². The van der Waals surface area contributed by atoms with Gasteiger partial charge in [-0.1, -0.05) is 37.3 Å². The second kappa shape index (κ2) is 8.27. The fraction of sp³-hybridized carbons (Fsp3) is 0.444. The maximum atomic E-state index is 12.1. The number of benzene rings is 1. The van der Waals surface area contributed by atoms with Crippen molar-refractivity contribution in [1.82, 2.24) is 25.1 Å². The average molecular weight is 373 g/mol. The van der Waals surface area contributed by atoms with E-state index in [2.05, 4.69) is 34.5 Å². The smallest absolute Gasteiger partial charge is 0.234 e. The number of fused-ring (bicyclic) bond motifs is 1. The van der Waals surface area contributed by atoms with Crippen LogP contribution < -0.4 is 10.1 Å². The van der Waals surface area contributed by atoms with Crippen LogP contribution in [0.4, 0.5) is 0 Å². The van der Waals surface area contributed by atoms with Gasteiger partial charge in [0.15, 0.2) is 5.82 Å². The molecule has 0 atom stereocenters. The summed E-state index contributed by atoms with van der Waals surface area (Å²) >= 11 is 1.49. The predicted molar refractivity (Wildman–Crippen MR) is 101 cm³/mol. The van der Waals surface area contributed by atoms with Crippen LogP contribution in [0.15, 0.2) is 24.3 Å². The predicted octanol–water partition coefficient (Wildman–Crippen LogP) is 2.61.